The first kappa shape index (κ1) is 14.0. The molecule has 0 amide bonds. The Morgan fingerprint density at radius 2 is 1.68 bits per heavy atom. The van der Waals surface area contributed by atoms with E-state index < -0.39 is 12.5 Å². The summed E-state index contributed by atoms with van der Waals surface area (Å²) in [6, 6.07) is 5.24. The van der Waals surface area contributed by atoms with Gasteiger partial charge in [0.2, 0.25) is 0 Å². The van der Waals surface area contributed by atoms with Gasteiger partial charge in [-0.2, -0.15) is 0 Å². The highest BCUT2D eigenvalue weighted by atomic mass is 19.4. The molecule has 2 unspecified atom stereocenters. The maximum atomic E-state index is 12.0. The van der Waals surface area contributed by atoms with Crippen molar-refractivity contribution >= 4 is 0 Å². The standard InChI is InChI=1S/C13H15F3O3/c1-12(2)10(17)7-11(12)18-8-3-5-9(6-4-8)19-13(14,15)16/h3-6,10-11,17H,7H2,1-2H3. The molecule has 1 fully saturated rings. The molecule has 1 aromatic rings. The van der Waals surface area contributed by atoms with Gasteiger partial charge >= 0.3 is 6.36 Å². The summed E-state index contributed by atoms with van der Waals surface area (Å²) in [6.45, 7) is 3.76. The molecular formula is C13H15F3O3. The third-order valence-corrected chi connectivity index (χ3v) is 3.46. The summed E-state index contributed by atoms with van der Waals surface area (Å²) in [6.07, 6.45) is -4.72. The highest BCUT2D eigenvalue weighted by Gasteiger charge is 2.49. The summed E-state index contributed by atoms with van der Waals surface area (Å²) in [5, 5.41) is 9.57. The molecule has 2 rings (SSSR count). The van der Waals surface area contributed by atoms with Gasteiger partial charge in [-0.1, -0.05) is 13.8 Å². The van der Waals surface area contributed by atoms with Crippen molar-refractivity contribution in [1.29, 1.82) is 0 Å². The third kappa shape index (κ3) is 3.12. The lowest BCUT2D eigenvalue weighted by molar-refractivity contribution is -0.274. The third-order valence-electron chi connectivity index (χ3n) is 3.46. The molecular weight excluding hydrogens is 261 g/mol. The van der Waals surface area contributed by atoms with Crippen molar-refractivity contribution in [1.82, 2.24) is 0 Å². The van der Waals surface area contributed by atoms with Crippen molar-refractivity contribution in [2.24, 2.45) is 5.41 Å². The van der Waals surface area contributed by atoms with Crippen LogP contribution in [0.15, 0.2) is 24.3 Å². The second-order valence-electron chi connectivity index (χ2n) is 5.20. The van der Waals surface area contributed by atoms with Crippen LogP contribution in [0.25, 0.3) is 0 Å². The maximum Gasteiger partial charge on any atom is 0.573 e. The van der Waals surface area contributed by atoms with Crippen LogP contribution in [0.3, 0.4) is 0 Å². The Bertz CT molecular complexity index is 439. The van der Waals surface area contributed by atoms with E-state index in [1.54, 1.807) is 0 Å². The van der Waals surface area contributed by atoms with Gasteiger partial charge in [-0.15, -0.1) is 13.2 Å². The fraction of sp³-hybridized carbons (Fsp3) is 0.538. The van der Waals surface area contributed by atoms with Crippen molar-refractivity contribution in [3.05, 3.63) is 24.3 Å². The van der Waals surface area contributed by atoms with Gasteiger partial charge in [0.25, 0.3) is 0 Å². The molecule has 1 aliphatic carbocycles. The van der Waals surface area contributed by atoms with Crippen LogP contribution in [0.5, 0.6) is 11.5 Å². The molecule has 0 radical (unpaired) electrons. The summed E-state index contributed by atoms with van der Waals surface area (Å²) in [5.74, 6) is 0.173. The minimum atomic E-state index is -4.69. The lowest BCUT2D eigenvalue weighted by Gasteiger charge is -2.48. The lowest BCUT2D eigenvalue weighted by Crippen LogP contribution is -2.56. The number of ether oxygens (including phenoxy) is 2. The molecule has 19 heavy (non-hydrogen) atoms. The van der Waals surface area contributed by atoms with Crippen LogP contribution in [0, 0.1) is 5.41 Å². The maximum absolute atomic E-state index is 12.0. The van der Waals surface area contributed by atoms with Crippen LogP contribution in [-0.4, -0.2) is 23.7 Å². The molecule has 1 saturated carbocycles. The van der Waals surface area contributed by atoms with Crippen molar-refractivity contribution in [3.8, 4) is 11.5 Å². The van der Waals surface area contributed by atoms with Crippen LogP contribution in [0.4, 0.5) is 13.2 Å². The number of rotatable bonds is 3. The van der Waals surface area contributed by atoms with Crippen LogP contribution >= 0.6 is 0 Å². The van der Waals surface area contributed by atoms with E-state index in [0.717, 1.165) is 0 Å². The van der Waals surface area contributed by atoms with Crippen LogP contribution in [-0.2, 0) is 0 Å². The average Bonchev–Trinajstić information content (AvgIpc) is 2.29. The summed E-state index contributed by atoms with van der Waals surface area (Å²) < 4.78 is 45.3. The molecule has 1 aromatic carbocycles. The second-order valence-corrected chi connectivity index (χ2v) is 5.20. The van der Waals surface area contributed by atoms with E-state index in [0.29, 0.717) is 12.2 Å². The first-order valence-corrected chi connectivity index (χ1v) is 5.89. The van der Waals surface area contributed by atoms with Gasteiger partial charge in [0.05, 0.1) is 6.10 Å². The topological polar surface area (TPSA) is 38.7 Å². The average molecular weight is 276 g/mol. The molecule has 0 aliphatic heterocycles. The zero-order chi connectivity index (χ0) is 14.3. The Kier molecular flexibility index (Phi) is 3.38. The largest absolute Gasteiger partial charge is 0.573 e. The lowest BCUT2D eigenvalue weighted by atomic mass is 9.66. The van der Waals surface area contributed by atoms with E-state index in [1.165, 1.54) is 24.3 Å². The highest BCUT2D eigenvalue weighted by molar-refractivity contribution is 5.31. The predicted molar refractivity (Wildman–Crippen MR) is 61.9 cm³/mol. The summed E-state index contributed by atoms with van der Waals surface area (Å²) in [5.41, 5.74) is -0.346. The predicted octanol–water partition coefficient (Wildman–Crippen LogP) is 3.12. The fourth-order valence-corrected chi connectivity index (χ4v) is 1.95. The Hall–Kier alpha value is -1.43. The van der Waals surface area contributed by atoms with Crippen molar-refractivity contribution in [2.45, 2.75) is 38.8 Å². The first-order valence-electron chi connectivity index (χ1n) is 5.89. The summed E-state index contributed by atoms with van der Waals surface area (Å²) in [7, 11) is 0. The van der Waals surface area contributed by atoms with Gasteiger partial charge < -0.3 is 14.6 Å². The number of aliphatic hydroxyl groups is 1. The molecule has 6 heteroatoms. The van der Waals surface area contributed by atoms with E-state index in [2.05, 4.69) is 4.74 Å². The second kappa shape index (κ2) is 4.59. The van der Waals surface area contributed by atoms with Crippen LogP contribution in [0.2, 0.25) is 0 Å². The molecule has 3 nitrogen and oxygen atoms in total. The molecule has 1 N–H and O–H groups in total. The number of aliphatic hydroxyl groups excluding tert-OH is 1. The van der Waals surface area contributed by atoms with E-state index in [-0.39, 0.29) is 17.3 Å². The Morgan fingerprint density at radius 1 is 1.16 bits per heavy atom. The molecule has 0 aromatic heterocycles. The normalized spacial score (nSPS) is 25.6. The highest BCUT2D eigenvalue weighted by Crippen LogP contribution is 2.43. The summed E-state index contributed by atoms with van der Waals surface area (Å²) >= 11 is 0. The van der Waals surface area contributed by atoms with Gasteiger partial charge in [0.15, 0.2) is 0 Å². The SMILES string of the molecule is CC1(C)C(O)CC1Oc1ccc(OC(F)(F)F)cc1. The first-order chi connectivity index (χ1) is 8.68. The van der Waals surface area contributed by atoms with Crippen molar-refractivity contribution in [2.75, 3.05) is 0 Å². The number of hydrogen-bond acceptors (Lipinski definition) is 3. The molecule has 0 saturated heterocycles. The molecule has 2 atom stereocenters. The molecule has 0 heterocycles. The van der Waals surface area contributed by atoms with Gasteiger partial charge in [-0.25, -0.2) is 0 Å². The minimum absolute atomic E-state index is 0.142. The van der Waals surface area contributed by atoms with Gasteiger partial charge in [-0.3, -0.25) is 0 Å². The number of benzene rings is 1. The van der Waals surface area contributed by atoms with E-state index in [4.69, 9.17) is 4.74 Å². The Balaban J connectivity index is 1.96. The monoisotopic (exact) mass is 276 g/mol. The van der Waals surface area contributed by atoms with Gasteiger partial charge in [-0.05, 0) is 24.3 Å². The Morgan fingerprint density at radius 3 is 2.11 bits per heavy atom. The number of halogens is 3. The van der Waals surface area contributed by atoms with Crippen LogP contribution < -0.4 is 9.47 Å². The molecule has 1 aliphatic rings. The van der Waals surface area contributed by atoms with Crippen molar-refractivity contribution < 1.29 is 27.8 Å². The molecule has 0 bridgehead atoms. The van der Waals surface area contributed by atoms with E-state index in [9.17, 15) is 18.3 Å². The molecule has 106 valence electrons. The smallest absolute Gasteiger partial charge is 0.490 e. The van der Waals surface area contributed by atoms with Gasteiger partial charge in [0, 0.05) is 11.8 Å². The zero-order valence-electron chi connectivity index (χ0n) is 10.6. The van der Waals surface area contributed by atoms with Crippen molar-refractivity contribution in [3.63, 3.8) is 0 Å². The quantitative estimate of drug-likeness (QED) is 0.921. The van der Waals surface area contributed by atoms with E-state index in [1.807, 2.05) is 13.8 Å². The fourth-order valence-electron chi connectivity index (χ4n) is 1.95. The van der Waals surface area contributed by atoms with Crippen LogP contribution in [0.1, 0.15) is 20.3 Å². The minimum Gasteiger partial charge on any atom is -0.490 e. The molecule has 0 spiro atoms. The number of hydrogen-bond donors (Lipinski definition) is 1. The Labute approximate surface area is 108 Å². The zero-order valence-corrected chi connectivity index (χ0v) is 10.6. The summed E-state index contributed by atoms with van der Waals surface area (Å²) in [4.78, 5) is 0. The van der Waals surface area contributed by atoms with Gasteiger partial charge in [0.1, 0.15) is 17.6 Å². The van der Waals surface area contributed by atoms with E-state index >= 15 is 0 Å². The number of alkyl halides is 3.